The Hall–Kier alpha value is -3.84. The summed E-state index contributed by atoms with van der Waals surface area (Å²) in [6.45, 7) is 6.54. The van der Waals surface area contributed by atoms with Crippen LogP contribution in [0.4, 0.5) is 11.5 Å². The first-order valence-corrected chi connectivity index (χ1v) is 10.1. The molecular formula is C21H21N9O. The molecule has 2 aliphatic heterocycles. The number of tetrazole rings is 1. The van der Waals surface area contributed by atoms with Gasteiger partial charge in [-0.15, -0.1) is 5.10 Å². The summed E-state index contributed by atoms with van der Waals surface area (Å²) in [7, 11) is 0. The van der Waals surface area contributed by atoms with Gasteiger partial charge in [-0.05, 0) is 59.7 Å². The van der Waals surface area contributed by atoms with Gasteiger partial charge in [-0.2, -0.15) is 9.94 Å². The number of pyridine rings is 1. The van der Waals surface area contributed by atoms with Crippen LogP contribution in [-0.4, -0.2) is 62.2 Å². The van der Waals surface area contributed by atoms with E-state index in [1.54, 1.807) is 23.0 Å². The number of hydrogen-bond acceptors (Lipinski definition) is 8. The van der Waals surface area contributed by atoms with E-state index in [1.165, 1.54) is 0 Å². The number of aromatic nitrogens is 5. The molecule has 10 heteroatoms. The lowest BCUT2D eigenvalue weighted by atomic mass is 10.1. The standard InChI is InChI=1S/C21H21N9O/c1-13-10-16-17(11-14(13)2)30-20(25-26-27-30)18(21(31)24-16)28-6-8-29(9-7-28)19-15(12-22)4-3-5-23-19/h3-5,10-11,18H,6-9H2,1-2H3,(H,24,31). The fraction of sp³-hybridized carbons (Fsp3) is 0.333. The van der Waals surface area contributed by atoms with E-state index in [2.05, 4.69) is 41.7 Å². The van der Waals surface area contributed by atoms with E-state index in [0.717, 1.165) is 16.8 Å². The van der Waals surface area contributed by atoms with Crippen molar-refractivity contribution in [1.29, 1.82) is 5.26 Å². The number of nitrogens with one attached hydrogen (secondary N) is 1. The quantitative estimate of drug-likeness (QED) is 0.667. The van der Waals surface area contributed by atoms with Crippen molar-refractivity contribution in [2.24, 2.45) is 0 Å². The highest BCUT2D eigenvalue weighted by Crippen LogP contribution is 2.33. The van der Waals surface area contributed by atoms with E-state index in [-0.39, 0.29) is 5.91 Å². The Morgan fingerprint density at radius 1 is 1.16 bits per heavy atom. The first kappa shape index (κ1) is 19.1. The van der Waals surface area contributed by atoms with E-state index >= 15 is 0 Å². The number of piperazine rings is 1. The molecule has 3 aromatic rings. The zero-order valence-electron chi connectivity index (χ0n) is 17.3. The number of carbonyl (C=O) groups is 1. The number of amides is 1. The predicted octanol–water partition coefficient (Wildman–Crippen LogP) is 1.36. The second-order valence-corrected chi connectivity index (χ2v) is 7.80. The van der Waals surface area contributed by atoms with E-state index in [1.807, 2.05) is 26.0 Å². The molecule has 4 heterocycles. The number of anilines is 2. The van der Waals surface area contributed by atoms with Crippen LogP contribution < -0.4 is 10.2 Å². The van der Waals surface area contributed by atoms with Crippen LogP contribution in [0.2, 0.25) is 0 Å². The van der Waals surface area contributed by atoms with Gasteiger partial charge in [-0.3, -0.25) is 9.69 Å². The van der Waals surface area contributed by atoms with Crippen LogP contribution in [-0.2, 0) is 4.79 Å². The van der Waals surface area contributed by atoms with E-state index in [4.69, 9.17) is 0 Å². The summed E-state index contributed by atoms with van der Waals surface area (Å²) in [4.78, 5) is 21.8. The third-order valence-corrected chi connectivity index (χ3v) is 5.97. The van der Waals surface area contributed by atoms with Crippen molar-refractivity contribution >= 4 is 17.4 Å². The molecule has 156 valence electrons. The fourth-order valence-electron chi connectivity index (χ4n) is 4.19. The van der Waals surface area contributed by atoms with Crippen LogP contribution in [0.5, 0.6) is 0 Å². The van der Waals surface area contributed by atoms with Crippen LogP contribution in [0, 0.1) is 25.2 Å². The van der Waals surface area contributed by atoms with Gasteiger partial charge in [0.05, 0.1) is 16.9 Å². The largest absolute Gasteiger partial charge is 0.353 e. The van der Waals surface area contributed by atoms with Crippen molar-refractivity contribution < 1.29 is 4.79 Å². The highest BCUT2D eigenvalue weighted by Gasteiger charge is 2.38. The zero-order valence-corrected chi connectivity index (χ0v) is 17.3. The Labute approximate surface area is 179 Å². The Morgan fingerprint density at radius 3 is 2.71 bits per heavy atom. The normalized spacial score (nSPS) is 18.5. The molecule has 1 unspecified atom stereocenters. The van der Waals surface area contributed by atoms with Crippen LogP contribution in [0.1, 0.15) is 28.6 Å². The Bertz CT molecular complexity index is 1200. The number of aryl methyl sites for hydroxylation is 2. The average Bonchev–Trinajstić information content (AvgIpc) is 3.22. The van der Waals surface area contributed by atoms with E-state index in [9.17, 15) is 10.1 Å². The van der Waals surface area contributed by atoms with Gasteiger partial charge in [0.25, 0.3) is 0 Å². The van der Waals surface area contributed by atoms with Crippen molar-refractivity contribution in [2.45, 2.75) is 19.9 Å². The molecule has 0 spiro atoms. The third-order valence-electron chi connectivity index (χ3n) is 5.97. The topological polar surface area (TPSA) is 116 Å². The predicted molar refractivity (Wildman–Crippen MR) is 113 cm³/mol. The van der Waals surface area contributed by atoms with Crippen molar-refractivity contribution in [3.63, 3.8) is 0 Å². The molecular weight excluding hydrogens is 394 g/mol. The lowest BCUT2D eigenvalue weighted by Crippen LogP contribution is -2.50. The lowest BCUT2D eigenvalue weighted by molar-refractivity contribution is -0.122. The van der Waals surface area contributed by atoms with Gasteiger partial charge in [0.2, 0.25) is 5.91 Å². The number of hydrogen-bond donors (Lipinski definition) is 1. The molecule has 5 rings (SSSR count). The van der Waals surface area contributed by atoms with Crippen LogP contribution in [0.15, 0.2) is 30.5 Å². The van der Waals surface area contributed by atoms with E-state index < -0.39 is 6.04 Å². The van der Waals surface area contributed by atoms with Crippen molar-refractivity contribution in [2.75, 3.05) is 36.4 Å². The zero-order chi connectivity index (χ0) is 21.5. The van der Waals surface area contributed by atoms with Gasteiger partial charge >= 0.3 is 0 Å². The molecule has 0 saturated carbocycles. The van der Waals surface area contributed by atoms with Gasteiger partial charge in [0.15, 0.2) is 11.9 Å². The molecule has 1 fully saturated rings. The van der Waals surface area contributed by atoms with Gasteiger partial charge in [-0.25, -0.2) is 4.98 Å². The Kier molecular flexibility index (Phi) is 4.60. The molecule has 1 aromatic carbocycles. The number of benzene rings is 1. The maximum absolute atomic E-state index is 13.3. The van der Waals surface area contributed by atoms with Crippen molar-refractivity contribution in [3.8, 4) is 11.8 Å². The molecule has 1 atom stereocenters. The molecule has 1 saturated heterocycles. The fourth-order valence-corrected chi connectivity index (χ4v) is 4.19. The highest BCUT2D eigenvalue weighted by molar-refractivity contribution is 5.98. The summed E-state index contributed by atoms with van der Waals surface area (Å²) < 4.78 is 1.66. The molecule has 0 bridgehead atoms. The SMILES string of the molecule is Cc1cc2c(cc1C)-n1nnnc1C(N1CCN(c3ncccc3C#N)CC1)C(=O)N2. The molecule has 31 heavy (non-hydrogen) atoms. The smallest absolute Gasteiger partial charge is 0.249 e. The number of fused-ring (bicyclic) bond motifs is 3. The molecule has 0 radical (unpaired) electrons. The maximum atomic E-state index is 13.3. The van der Waals surface area contributed by atoms with Gasteiger partial charge in [0, 0.05) is 32.4 Å². The molecule has 0 aliphatic carbocycles. The minimum Gasteiger partial charge on any atom is -0.353 e. The average molecular weight is 415 g/mol. The third kappa shape index (κ3) is 3.19. The molecule has 2 aliphatic rings. The van der Waals surface area contributed by atoms with E-state index in [0.29, 0.717) is 49.1 Å². The Balaban J connectivity index is 1.44. The number of rotatable bonds is 2. The summed E-state index contributed by atoms with van der Waals surface area (Å²) in [5.74, 6) is 1.03. The first-order chi connectivity index (χ1) is 15.1. The van der Waals surface area contributed by atoms with Crippen molar-refractivity contribution in [3.05, 3.63) is 53.0 Å². The minimum absolute atomic E-state index is 0.151. The van der Waals surface area contributed by atoms with Crippen LogP contribution in [0.25, 0.3) is 5.69 Å². The van der Waals surface area contributed by atoms with Crippen LogP contribution >= 0.6 is 0 Å². The number of carbonyl (C=O) groups excluding carboxylic acids is 1. The molecule has 1 N–H and O–H groups in total. The second kappa shape index (κ2) is 7.45. The number of nitrogens with zero attached hydrogens (tertiary/aromatic N) is 8. The maximum Gasteiger partial charge on any atom is 0.249 e. The van der Waals surface area contributed by atoms with Gasteiger partial charge in [-0.1, -0.05) is 0 Å². The summed E-state index contributed by atoms with van der Waals surface area (Å²) in [5, 5.41) is 24.7. The minimum atomic E-state index is -0.607. The van der Waals surface area contributed by atoms with Gasteiger partial charge in [0.1, 0.15) is 11.9 Å². The summed E-state index contributed by atoms with van der Waals surface area (Å²) in [5.41, 5.74) is 4.21. The lowest BCUT2D eigenvalue weighted by Gasteiger charge is -2.38. The van der Waals surface area contributed by atoms with Crippen molar-refractivity contribution in [1.82, 2.24) is 30.1 Å². The molecule has 1 amide bonds. The summed E-state index contributed by atoms with van der Waals surface area (Å²) in [6.07, 6.45) is 1.69. The first-order valence-electron chi connectivity index (χ1n) is 10.1. The second-order valence-electron chi connectivity index (χ2n) is 7.80. The Morgan fingerprint density at radius 2 is 1.94 bits per heavy atom. The summed E-state index contributed by atoms with van der Waals surface area (Å²) in [6, 6.07) is 9.07. The number of nitriles is 1. The monoisotopic (exact) mass is 415 g/mol. The van der Waals surface area contributed by atoms with Crippen LogP contribution in [0.3, 0.4) is 0 Å². The summed E-state index contributed by atoms with van der Waals surface area (Å²) >= 11 is 0. The molecule has 2 aromatic heterocycles. The highest BCUT2D eigenvalue weighted by atomic mass is 16.2. The van der Waals surface area contributed by atoms with Gasteiger partial charge < -0.3 is 10.2 Å². The molecule has 10 nitrogen and oxygen atoms in total.